The van der Waals surface area contributed by atoms with Crippen molar-refractivity contribution in [2.45, 2.75) is 32.7 Å². The van der Waals surface area contributed by atoms with E-state index in [0.717, 1.165) is 30.2 Å². The van der Waals surface area contributed by atoms with Crippen LogP contribution in [0.25, 0.3) is 5.69 Å². The summed E-state index contributed by atoms with van der Waals surface area (Å²) in [5.41, 5.74) is 6.88. The van der Waals surface area contributed by atoms with Crippen molar-refractivity contribution in [3.8, 4) is 5.69 Å². The standard InChI is InChI=1S/C13H18N4/c1-10(14)8-9-13-16-15-11(2)17(13)12-6-4-3-5-7-12/h3-7,10H,8-9,14H2,1-2H3. The maximum Gasteiger partial charge on any atom is 0.137 e. The molecule has 1 aromatic heterocycles. The van der Waals surface area contributed by atoms with Crippen LogP contribution in [0.15, 0.2) is 30.3 Å². The topological polar surface area (TPSA) is 56.7 Å². The van der Waals surface area contributed by atoms with Crippen LogP contribution >= 0.6 is 0 Å². The highest BCUT2D eigenvalue weighted by Gasteiger charge is 2.10. The number of hydrogen-bond donors (Lipinski definition) is 1. The van der Waals surface area contributed by atoms with Crippen LogP contribution < -0.4 is 5.73 Å². The monoisotopic (exact) mass is 230 g/mol. The average molecular weight is 230 g/mol. The van der Waals surface area contributed by atoms with Crippen molar-refractivity contribution in [3.05, 3.63) is 42.0 Å². The first kappa shape index (κ1) is 11.8. The van der Waals surface area contributed by atoms with Crippen LogP contribution in [0.5, 0.6) is 0 Å². The molecule has 90 valence electrons. The molecule has 0 amide bonds. The summed E-state index contributed by atoms with van der Waals surface area (Å²) in [6.45, 7) is 3.98. The van der Waals surface area contributed by atoms with Gasteiger partial charge in [0.25, 0.3) is 0 Å². The number of para-hydroxylation sites is 1. The summed E-state index contributed by atoms with van der Waals surface area (Å²) in [5.74, 6) is 1.89. The van der Waals surface area contributed by atoms with Crippen molar-refractivity contribution >= 4 is 0 Å². The largest absolute Gasteiger partial charge is 0.328 e. The van der Waals surface area contributed by atoms with Gasteiger partial charge < -0.3 is 5.73 Å². The lowest BCUT2D eigenvalue weighted by atomic mass is 10.2. The smallest absolute Gasteiger partial charge is 0.137 e. The zero-order valence-corrected chi connectivity index (χ0v) is 10.3. The van der Waals surface area contributed by atoms with Gasteiger partial charge in [0.05, 0.1) is 0 Å². The van der Waals surface area contributed by atoms with E-state index in [-0.39, 0.29) is 6.04 Å². The lowest BCUT2D eigenvalue weighted by Crippen LogP contribution is -2.16. The molecule has 4 nitrogen and oxygen atoms in total. The molecule has 0 fully saturated rings. The van der Waals surface area contributed by atoms with E-state index in [2.05, 4.69) is 26.9 Å². The van der Waals surface area contributed by atoms with E-state index in [1.54, 1.807) is 0 Å². The molecule has 1 atom stereocenters. The molecule has 2 aromatic rings. The van der Waals surface area contributed by atoms with Gasteiger partial charge >= 0.3 is 0 Å². The van der Waals surface area contributed by atoms with E-state index in [1.807, 2.05) is 32.0 Å². The molecule has 0 spiro atoms. The molecule has 0 radical (unpaired) electrons. The summed E-state index contributed by atoms with van der Waals surface area (Å²) in [4.78, 5) is 0. The molecule has 2 N–H and O–H groups in total. The zero-order chi connectivity index (χ0) is 12.3. The molecular formula is C13H18N4. The number of hydrogen-bond acceptors (Lipinski definition) is 3. The minimum absolute atomic E-state index is 0.191. The molecule has 0 bridgehead atoms. The fraction of sp³-hybridized carbons (Fsp3) is 0.385. The van der Waals surface area contributed by atoms with E-state index in [4.69, 9.17) is 5.73 Å². The van der Waals surface area contributed by atoms with E-state index < -0.39 is 0 Å². The van der Waals surface area contributed by atoms with Crippen molar-refractivity contribution in [1.29, 1.82) is 0 Å². The van der Waals surface area contributed by atoms with Gasteiger partial charge in [-0.1, -0.05) is 18.2 Å². The molecule has 1 unspecified atom stereocenters. The van der Waals surface area contributed by atoms with Gasteiger partial charge in [0, 0.05) is 18.2 Å². The van der Waals surface area contributed by atoms with Gasteiger partial charge in [0.2, 0.25) is 0 Å². The molecule has 1 aromatic carbocycles. The number of rotatable bonds is 4. The van der Waals surface area contributed by atoms with Crippen LogP contribution in [0.3, 0.4) is 0 Å². The van der Waals surface area contributed by atoms with Crippen molar-refractivity contribution in [1.82, 2.24) is 14.8 Å². The minimum Gasteiger partial charge on any atom is -0.328 e. The van der Waals surface area contributed by atoms with E-state index in [1.165, 1.54) is 0 Å². The molecule has 0 saturated carbocycles. The summed E-state index contributed by atoms with van der Waals surface area (Å²) in [6, 6.07) is 10.4. The maximum atomic E-state index is 5.78. The fourth-order valence-electron chi connectivity index (χ4n) is 1.84. The molecule has 0 saturated heterocycles. The number of nitrogens with zero attached hydrogens (tertiary/aromatic N) is 3. The van der Waals surface area contributed by atoms with Crippen LogP contribution in [0.4, 0.5) is 0 Å². The predicted octanol–water partition coefficient (Wildman–Crippen LogP) is 1.86. The second kappa shape index (κ2) is 5.10. The molecule has 0 aliphatic rings. The molecular weight excluding hydrogens is 212 g/mol. The SMILES string of the molecule is Cc1nnc(CCC(C)N)n1-c1ccccc1. The van der Waals surface area contributed by atoms with Gasteiger partial charge in [-0.3, -0.25) is 4.57 Å². The van der Waals surface area contributed by atoms with Crippen LogP contribution in [-0.2, 0) is 6.42 Å². The van der Waals surface area contributed by atoms with Gasteiger partial charge in [-0.15, -0.1) is 10.2 Å². The summed E-state index contributed by atoms with van der Waals surface area (Å²) in [5, 5.41) is 8.36. The first-order chi connectivity index (χ1) is 8.18. The Kier molecular flexibility index (Phi) is 3.54. The predicted molar refractivity (Wildman–Crippen MR) is 68.1 cm³/mol. The quantitative estimate of drug-likeness (QED) is 0.872. The molecule has 1 heterocycles. The Balaban J connectivity index is 2.30. The Morgan fingerprint density at radius 1 is 1.24 bits per heavy atom. The second-order valence-corrected chi connectivity index (χ2v) is 4.35. The maximum absolute atomic E-state index is 5.78. The molecule has 0 aliphatic heterocycles. The Morgan fingerprint density at radius 2 is 1.94 bits per heavy atom. The van der Waals surface area contributed by atoms with Crippen molar-refractivity contribution in [3.63, 3.8) is 0 Å². The summed E-state index contributed by atoms with van der Waals surface area (Å²) >= 11 is 0. The van der Waals surface area contributed by atoms with Crippen LogP contribution in [0.2, 0.25) is 0 Å². The molecule has 0 aliphatic carbocycles. The molecule has 2 rings (SSSR count). The third-order valence-corrected chi connectivity index (χ3v) is 2.73. The van der Waals surface area contributed by atoms with Gasteiger partial charge in [0.1, 0.15) is 11.6 Å². The second-order valence-electron chi connectivity index (χ2n) is 4.35. The highest BCUT2D eigenvalue weighted by Crippen LogP contribution is 2.13. The van der Waals surface area contributed by atoms with Gasteiger partial charge in [-0.2, -0.15) is 0 Å². The first-order valence-corrected chi connectivity index (χ1v) is 5.90. The molecule has 4 heteroatoms. The van der Waals surface area contributed by atoms with Crippen LogP contribution in [0.1, 0.15) is 25.0 Å². The van der Waals surface area contributed by atoms with Gasteiger partial charge in [-0.25, -0.2) is 0 Å². The Morgan fingerprint density at radius 3 is 2.59 bits per heavy atom. The third-order valence-electron chi connectivity index (χ3n) is 2.73. The summed E-state index contributed by atoms with van der Waals surface area (Å²) < 4.78 is 2.09. The number of benzene rings is 1. The van der Waals surface area contributed by atoms with E-state index in [0.29, 0.717) is 0 Å². The van der Waals surface area contributed by atoms with Crippen molar-refractivity contribution in [2.75, 3.05) is 0 Å². The van der Waals surface area contributed by atoms with Gasteiger partial charge in [-0.05, 0) is 32.4 Å². The van der Waals surface area contributed by atoms with Crippen molar-refractivity contribution < 1.29 is 0 Å². The van der Waals surface area contributed by atoms with E-state index in [9.17, 15) is 0 Å². The highest BCUT2D eigenvalue weighted by atomic mass is 15.3. The van der Waals surface area contributed by atoms with Crippen LogP contribution in [-0.4, -0.2) is 20.8 Å². The minimum atomic E-state index is 0.191. The van der Waals surface area contributed by atoms with Gasteiger partial charge in [0.15, 0.2) is 0 Å². The number of aromatic nitrogens is 3. The number of aryl methyl sites for hydroxylation is 2. The zero-order valence-electron chi connectivity index (χ0n) is 10.3. The van der Waals surface area contributed by atoms with Crippen LogP contribution in [0, 0.1) is 6.92 Å². The summed E-state index contributed by atoms with van der Waals surface area (Å²) in [6.07, 6.45) is 1.78. The number of nitrogens with two attached hydrogens (primary N) is 1. The van der Waals surface area contributed by atoms with Crippen molar-refractivity contribution in [2.24, 2.45) is 5.73 Å². The third kappa shape index (κ3) is 2.71. The Bertz CT molecular complexity index is 473. The summed E-state index contributed by atoms with van der Waals surface area (Å²) in [7, 11) is 0. The fourth-order valence-corrected chi connectivity index (χ4v) is 1.84. The lowest BCUT2D eigenvalue weighted by molar-refractivity contribution is 0.640. The molecule has 17 heavy (non-hydrogen) atoms. The lowest BCUT2D eigenvalue weighted by Gasteiger charge is -2.09. The Labute approximate surface area is 101 Å². The Hall–Kier alpha value is -1.68. The van der Waals surface area contributed by atoms with E-state index >= 15 is 0 Å². The first-order valence-electron chi connectivity index (χ1n) is 5.90. The normalized spacial score (nSPS) is 12.6. The highest BCUT2D eigenvalue weighted by molar-refractivity contribution is 5.33. The average Bonchev–Trinajstić information content (AvgIpc) is 2.69.